The van der Waals surface area contributed by atoms with Crippen LogP contribution in [0.3, 0.4) is 0 Å². The van der Waals surface area contributed by atoms with E-state index in [4.69, 9.17) is 4.74 Å². The Morgan fingerprint density at radius 1 is 1.45 bits per heavy atom. The van der Waals surface area contributed by atoms with Crippen molar-refractivity contribution in [1.29, 1.82) is 0 Å². The van der Waals surface area contributed by atoms with E-state index in [9.17, 15) is 0 Å². The van der Waals surface area contributed by atoms with Crippen LogP contribution in [0.2, 0.25) is 0 Å². The third-order valence-electron chi connectivity index (χ3n) is 1.54. The Bertz CT molecular complexity index is 386. The number of benzene rings is 1. The summed E-state index contributed by atoms with van der Waals surface area (Å²) in [6.45, 7) is 0.434. The summed E-state index contributed by atoms with van der Waals surface area (Å²) in [7, 11) is 0. The Kier molecular flexibility index (Phi) is 1.66. The molecular weight excluding hydrogens is 206 g/mol. The van der Waals surface area contributed by atoms with Crippen molar-refractivity contribution >= 4 is 22.2 Å². The van der Waals surface area contributed by atoms with Gasteiger partial charge >= 0.3 is 0 Å². The Labute approximate surface area is 72.3 Å². The molecule has 0 amide bonds. The molecule has 3 heteroatoms. The summed E-state index contributed by atoms with van der Waals surface area (Å²) in [5, 5.41) is 2.02. The lowest BCUT2D eigenvalue weighted by atomic mass is 10.3. The molecule has 1 aromatic carbocycles. The minimum absolute atomic E-state index is 0.434. The summed E-state index contributed by atoms with van der Waals surface area (Å²) in [6, 6.07) is 5.91. The van der Waals surface area contributed by atoms with Gasteiger partial charge in [0.2, 0.25) is 0 Å². The van der Waals surface area contributed by atoms with Gasteiger partial charge in [0.05, 0.1) is 11.6 Å². The highest BCUT2D eigenvalue weighted by Gasteiger charge is 1.96. The topological polar surface area (TPSA) is 21.6 Å². The highest BCUT2D eigenvalue weighted by Crippen LogP contribution is 1.99. The number of rotatable bonds is 0. The van der Waals surface area contributed by atoms with Crippen LogP contribution in [0, 0.1) is 0 Å². The lowest BCUT2D eigenvalue weighted by Crippen LogP contribution is -2.29. The lowest BCUT2D eigenvalue weighted by molar-refractivity contribution is 0.296. The smallest absolute Gasteiger partial charge is 0.178 e. The molecule has 0 bridgehead atoms. The summed E-state index contributed by atoms with van der Waals surface area (Å²) < 4.78 is 6.08. The normalized spacial score (nSPS) is 13.9. The van der Waals surface area contributed by atoms with E-state index >= 15 is 0 Å². The quantitative estimate of drug-likeness (QED) is 0.623. The van der Waals surface area contributed by atoms with E-state index in [1.807, 2.05) is 18.2 Å². The van der Waals surface area contributed by atoms with Crippen LogP contribution in [0.15, 0.2) is 27.7 Å². The molecule has 1 aliphatic rings. The van der Waals surface area contributed by atoms with Gasteiger partial charge in [0.25, 0.3) is 0 Å². The van der Waals surface area contributed by atoms with Crippen LogP contribution in [-0.2, 0) is 4.74 Å². The maximum Gasteiger partial charge on any atom is 0.178 e. The van der Waals surface area contributed by atoms with Crippen molar-refractivity contribution in [3.05, 3.63) is 33.2 Å². The maximum atomic E-state index is 5.06. The molecule has 0 unspecified atom stereocenters. The van der Waals surface area contributed by atoms with Gasteiger partial charge in [-0.3, -0.25) is 0 Å². The van der Waals surface area contributed by atoms with Crippen LogP contribution < -0.4 is 10.6 Å². The molecule has 0 radical (unpaired) electrons. The molecule has 0 N–H and O–H groups in total. The zero-order chi connectivity index (χ0) is 7.68. The van der Waals surface area contributed by atoms with Crippen molar-refractivity contribution in [2.45, 2.75) is 0 Å². The summed E-state index contributed by atoms with van der Waals surface area (Å²) >= 11 is 3.41. The molecule has 0 aromatic heterocycles. The number of hydrogen-bond donors (Lipinski definition) is 0. The molecule has 0 fully saturated rings. The molecule has 0 spiro atoms. The summed E-state index contributed by atoms with van der Waals surface area (Å²) in [4.78, 5) is 4.17. The van der Waals surface area contributed by atoms with Crippen molar-refractivity contribution in [3.8, 4) is 0 Å². The number of halogens is 1. The van der Waals surface area contributed by atoms with Crippen LogP contribution in [-0.4, -0.2) is 6.73 Å². The number of ether oxygens (including phenoxy) is 1. The molecule has 2 rings (SSSR count). The van der Waals surface area contributed by atoms with Crippen molar-refractivity contribution in [2.24, 2.45) is 4.99 Å². The lowest BCUT2D eigenvalue weighted by Gasteiger charge is -2.02. The van der Waals surface area contributed by atoms with E-state index in [-0.39, 0.29) is 0 Å². The summed E-state index contributed by atoms with van der Waals surface area (Å²) in [5.41, 5.74) is 0. The summed E-state index contributed by atoms with van der Waals surface area (Å²) in [6.07, 6.45) is 1.73. The van der Waals surface area contributed by atoms with E-state index in [0.29, 0.717) is 6.73 Å². The standard InChI is InChI=1S/C8H6BrNO/c9-7-2-1-3-8-6(7)4-11-5-10-8/h1-4H,5H2. The third-order valence-corrected chi connectivity index (χ3v) is 2.23. The third kappa shape index (κ3) is 1.16. The minimum atomic E-state index is 0.434. The molecular formula is C8H6BrNO. The predicted octanol–water partition coefficient (Wildman–Crippen LogP) is 0.794. The van der Waals surface area contributed by atoms with Gasteiger partial charge in [-0.1, -0.05) is 6.07 Å². The minimum Gasteiger partial charge on any atom is -0.478 e. The van der Waals surface area contributed by atoms with Crippen LogP contribution in [0.1, 0.15) is 0 Å². The molecule has 0 saturated carbocycles. The fourth-order valence-electron chi connectivity index (χ4n) is 1.01. The largest absolute Gasteiger partial charge is 0.478 e. The highest BCUT2D eigenvalue weighted by atomic mass is 79.9. The van der Waals surface area contributed by atoms with Crippen molar-refractivity contribution < 1.29 is 4.74 Å². The molecule has 56 valence electrons. The van der Waals surface area contributed by atoms with Crippen LogP contribution in [0.5, 0.6) is 0 Å². The van der Waals surface area contributed by atoms with Crippen molar-refractivity contribution in [2.75, 3.05) is 6.73 Å². The fourth-order valence-corrected chi connectivity index (χ4v) is 1.46. The molecule has 0 atom stereocenters. The SMILES string of the molecule is Brc1cccc2c1=COCN=2. The maximum absolute atomic E-state index is 5.06. The van der Waals surface area contributed by atoms with Gasteiger partial charge in [-0.05, 0) is 28.1 Å². The van der Waals surface area contributed by atoms with E-state index in [1.165, 1.54) is 0 Å². The molecule has 0 saturated heterocycles. The Morgan fingerprint density at radius 3 is 3.18 bits per heavy atom. The summed E-state index contributed by atoms with van der Waals surface area (Å²) in [5.74, 6) is 0. The first-order valence-corrected chi connectivity index (χ1v) is 4.08. The second-order valence-electron chi connectivity index (χ2n) is 2.24. The van der Waals surface area contributed by atoms with Gasteiger partial charge in [0.15, 0.2) is 6.73 Å². The number of nitrogens with zero attached hydrogens (tertiary/aromatic N) is 1. The number of fused-ring (bicyclic) bond motifs is 1. The van der Waals surface area contributed by atoms with E-state index in [0.717, 1.165) is 15.0 Å². The van der Waals surface area contributed by atoms with Gasteiger partial charge in [-0.15, -0.1) is 0 Å². The Hall–Kier alpha value is -0.830. The zero-order valence-electron chi connectivity index (χ0n) is 5.75. The first-order valence-electron chi connectivity index (χ1n) is 3.29. The first-order chi connectivity index (χ1) is 5.38. The molecule has 1 aliphatic heterocycles. The monoisotopic (exact) mass is 211 g/mol. The molecule has 11 heavy (non-hydrogen) atoms. The second kappa shape index (κ2) is 2.66. The van der Waals surface area contributed by atoms with Gasteiger partial charge in [-0.2, -0.15) is 0 Å². The molecule has 1 aromatic rings. The van der Waals surface area contributed by atoms with Gasteiger partial charge in [0.1, 0.15) is 0 Å². The first kappa shape index (κ1) is 6.85. The molecule has 1 heterocycles. The Morgan fingerprint density at radius 2 is 2.36 bits per heavy atom. The van der Waals surface area contributed by atoms with E-state index < -0.39 is 0 Å². The van der Waals surface area contributed by atoms with E-state index in [2.05, 4.69) is 20.9 Å². The van der Waals surface area contributed by atoms with Crippen LogP contribution in [0.4, 0.5) is 0 Å². The van der Waals surface area contributed by atoms with Gasteiger partial charge in [0, 0.05) is 9.69 Å². The molecule has 0 aliphatic carbocycles. The zero-order valence-corrected chi connectivity index (χ0v) is 7.34. The Balaban J connectivity index is 2.88. The predicted molar refractivity (Wildman–Crippen MR) is 45.3 cm³/mol. The molecule has 2 nitrogen and oxygen atoms in total. The highest BCUT2D eigenvalue weighted by molar-refractivity contribution is 9.10. The van der Waals surface area contributed by atoms with Crippen molar-refractivity contribution in [1.82, 2.24) is 0 Å². The second-order valence-corrected chi connectivity index (χ2v) is 3.10. The van der Waals surface area contributed by atoms with Gasteiger partial charge < -0.3 is 4.74 Å². The fraction of sp³-hybridized carbons (Fsp3) is 0.125. The average molecular weight is 212 g/mol. The van der Waals surface area contributed by atoms with E-state index in [1.54, 1.807) is 6.26 Å². The van der Waals surface area contributed by atoms with Crippen LogP contribution >= 0.6 is 15.9 Å². The van der Waals surface area contributed by atoms with Crippen molar-refractivity contribution in [3.63, 3.8) is 0 Å². The average Bonchev–Trinajstić information content (AvgIpc) is 2.06. The van der Waals surface area contributed by atoms with Gasteiger partial charge in [-0.25, -0.2) is 4.99 Å². The number of hydrogen-bond acceptors (Lipinski definition) is 2. The van der Waals surface area contributed by atoms with Crippen LogP contribution in [0.25, 0.3) is 6.26 Å².